The van der Waals surface area contributed by atoms with Gasteiger partial charge in [0.25, 0.3) is 0 Å². The van der Waals surface area contributed by atoms with Crippen LogP contribution in [0.3, 0.4) is 0 Å². The second-order valence-electron chi connectivity index (χ2n) is 4.64. The number of anilines is 1. The average molecular weight is 293 g/mol. The molecule has 0 unspecified atom stereocenters. The number of carbonyl (C=O) groups is 1. The summed E-state index contributed by atoms with van der Waals surface area (Å²) >= 11 is 3.31. The summed E-state index contributed by atoms with van der Waals surface area (Å²) in [7, 11) is 0. The number of amides is 1. The predicted molar refractivity (Wildman–Crippen MR) is 81.0 cm³/mol. The number of thiazole rings is 1. The zero-order chi connectivity index (χ0) is 13.2. The van der Waals surface area contributed by atoms with Gasteiger partial charge in [0.1, 0.15) is 0 Å². The summed E-state index contributed by atoms with van der Waals surface area (Å²) in [5, 5.41) is 6.14. The van der Waals surface area contributed by atoms with E-state index in [0.29, 0.717) is 12.3 Å². The minimum absolute atomic E-state index is 0.0976. The molecule has 2 aromatic rings. The molecular formula is C13H15N3OS2. The van der Waals surface area contributed by atoms with Gasteiger partial charge in [-0.25, -0.2) is 4.98 Å². The number of carbonyl (C=O) groups excluding carboxylic acids is 1. The Kier molecular flexibility index (Phi) is 3.72. The summed E-state index contributed by atoms with van der Waals surface area (Å²) in [5.74, 6) is 0.593. The zero-order valence-corrected chi connectivity index (χ0v) is 12.2. The van der Waals surface area contributed by atoms with Crippen LogP contribution in [0.1, 0.15) is 6.42 Å². The highest BCUT2D eigenvalue weighted by molar-refractivity contribution is 8.00. The molecule has 0 radical (unpaired) electrons. The molecule has 0 spiro atoms. The molecule has 2 N–H and O–H groups in total. The van der Waals surface area contributed by atoms with Crippen LogP contribution in [0.2, 0.25) is 0 Å². The molecule has 1 aromatic heterocycles. The van der Waals surface area contributed by atoms with Gasteiger partial charge in [0.15, 0.2) is 4.34 Å². The lowest BCUT2D eigenvalue weighted by molar-refractivity contribution is -0.117. The Morgan fingerprint density at radius 1 is 1.58 bits per heavy atom. The van der Waals surface area contributed by atoms with Crippen molar-refractivity contribution in [3.63, 3.8) is 0 Å². The van der Waals surface area contributed by atoms with Crippen molar-refractivity contribution in [1.29, 1.82) is 0 Å². The topological polar surface area (TPSA) is 54.0 Å². The van der Waals surface area contributed by atoms with E-state index in [0.717, 1.165) is 33.3 Å². The van der Waals surface area contributed by atoms with E-state index in [1.54, 1.807) is 23.1 Å². The molecule has 1 fully saturated rings. The highest BCUT2D eigenvalue weighted by atomic mass is 32.2. The van der Waals surface area contributed by atoms with Crippen LogP contribution < -0.4 is 10.6 Å². The van der Waals surface area contributed by atoms with Crippen LogP contribution in [-0.4, -0.2) is 30.2 Å². The highest BCUT2D eigenvalue weighted by Gasteiger charge is 2.20. The first-order chi connectivity index (χ1) is 9.24. The number of fused-ring (bicyclic) bond motifs is 1. The van der Waals surface area contributed by atoms with E-state index in [-0.39, 0.29) is 5.91 Å². The largest absolute Gasteiger partial charge is 0.326 e. The van der Waals surface area contributed by atoms with Gasteiger partial charge in [-0.15, -0.1) is 11.3 Å². The molecule has 6 heteroatoms. The summed E-state index contributed by atoms with van der Waals surface area (Å²) < 4.78 is 2.17. The third kappa shape index (κ3) is 2.91. The van der Waals surface area contributed by atoms with Crippen LogP contribution >= 0.6 is 23.1 Å². The molecular weight excluding hydrogens is 278 g/mol. The fourth-order valence-electron chi connectivity index (χ4n) is 2.04. The van der Waals surface area contributed by atoms with Gasteiger partial charge in [-0.1, -0.05) is 11.8 Å². The van der Waals surface area contributed by atoms with Gasteiger partial charge in [-0.3, -0.25) is 4.79 Å². The number of benzene rings is 1. The Balaban J connectivity index is 1.71. The van der Waals surface area contributed by atoms with Crippen molar-refractivity contribution in [3.05, 3.63) is 18.2 Å². The van der Waals surface area contributed by atoms with Crippen molar-refractivity contribution in [3.8, 4) is 0 Å². The van der Waals surface area contributed by atoms with E-state index in [1.807, 2.05) is 24.5 Å². The predicted octanol–water partition coefficient (Wildman–Crippen LogP) is 2.57. The molecule has 0 saturated carbocycles. The van der Waals surface area contributed by atoms with Crippen LogP contribution in [0.5, 0.6) is 0 Å². The van der Waals surface area contributed by atoms with Gasteiger partial charge in [-0.05, 0) is 43.5 Å². The molecule has 2 heterocycles. The van der Waals surface area contributed by atoms with Crippen molar-refractivity contribution in [2.75, 3.05) is 24.7 Å². The molecule has 1 amide bonds. The Morgan fingerprint density at radius 3 is 3.11 bits per heavy atom. The summed E-state index contributed by atoms with van der Waals surface area (Å²) in [6.07, 6.45) is 2.62. The third-order valence-corrected chi connectivity index (χ3v) is 5.17. The average Bonchev–Trinajstić information content (AvgIpc) is 2.76. The molecule has 100 valence electrons. The fourth-order valence-corrected chi connectivity index (χ4v) is 3.56. The molecule has 1 aliphatic heterocycles. The molecule has 3 rings (SSSR count). The van der Waals surface area contributed by atoms with Gasteiger partial charge < -0.3 is 10.6 Å². The number of hydrogen-bond acceptors (Lipinski definition) is 5. The van der Waals surface area contributed by atoms with Crippen molar-refractivity contribution in [1.82, 2.24) is 10.3 Å². The summed E-state index contributed by atoms with van der Waals surface area (Å²) in [5.41, 5.74) is 1.86. The van der Waals surface area contributed by atoms with Crippen molar-refractivity contribution in [2.24, 2.45) is 5.92 Å². The maximum Gasteiger partial charge on any atom is 0.224 e. The van der Waals surface area contributed by atoms with Crippen LogP contribution in [0.15, 0.2) is 22.5 Å². The van der Waals surface area contributed by atoms with Crippen LogP contribution in [-0.2, 0) is 4.79 Å². The molecule has 4 nitrogen and oxygen atoms in total. The van der Waals surface area contributed by atoms with Gasteiger partial charge in [0.05, 0.1) is 10.2 Å². The van der Waals surface area contributed by atoms with Gasteiger partial charge in [0.2, 0.25) is 5.91 Å². The molecule has 0 aliphatic carbocycles. The van der Waals surface area contributed by atoms with E-state index in [1.165, 1.54) is 0 Å². The van der Waals surface area contributed by atoms with Crippen molar-refractivity contribution in [2.45, 2.75) is 10.8 Å². The van der Waals surface area contributed by atoms with Crippen LogP contribution in [0.25, 0.3) is 10.2 Å². The first kappa shape index (κ1) is 12.9. The summed E-state index contributed by atoms with van der Waals surface area (Å²) in [6, 6.07) is 5.89. The lowest BCUT2D eigenvalue weighted by Crippen LogP contribution is -2.43. The molecule has 19 heavy (non-hydrogen) atoms. The van der Waals surface area contributed by atoms with E-state index in [4.69, 9.17) is 0 Å². The Morgan fingerprint density at radius 2 is 2.42 bits per heavy atom. The zero-order valence-electron chi connectivity index (χ0n) is 10.6. The van der Waals surface area contributed by atoms with E-state index in [2.05, 4.69) is 15.6 Å². The second kappa shape index (κ2) is 5.48. The van der Waals surface area contributed by atoms with E-state index in [9.17, 15) is 4.79 Å². The molecule has 1 aromatic carbocycles. The molecule has 0 atom stereocenters. The number of aromatic nitrogens is 1. The molecule has 1 saturated heterocycles. The highest BCUT2D eigenvalue weighted by Crippen LogP contribution is 2.30. The Labute approximate surface area is 120 Å². The SMILES string of the molecule is CSc1nc2ccc(NC(=O)CC3CNC3)cc2s1. The standard InChI is InChI=1S/C13H15N3OS2/c1-18-13-16-10-3-2-9(5-11(10)19-13)15-12(17)4-8-6-14-7-8/h2-3,5,8,14H,4,6-7H2,1H3,(H,15,17). The van der Waals surface area contributed by atoms with E-state index < -0.39 is 0 Å². The number of hydrogen-bond donors (Lipinski definition) is 2. The number of rotatable bonds is 4. The lowest BCUT2D eigenvalue weighted by atomic mass is 9.99. The number of nitrogens with one attached hydrogen (secondary N) is 2. The van der Waals surface area contributed by atoms with Gasteiger partial charge in [0, 0.05) is 12.1 Å². The Hall–Kier alpha value is -1.11. The quantitative estimate of drug-likeness (QED) is 0.851. The first-order valence-electron chi connectivity index (χ1n) is 6.20. The van der Waals surface area contributed by atoms with Crippen molar-refractivity contribution < 1.29 is 4.79 Å². The Bertz CT molecular complexity index is 607. The maximum atomic E-state index is 11.9. The van der Waals surface area contributed by atoms with E-state index >= 15 is 0 Å². The second-order valence-corrected chi connectivity index (χ2v) is 6.73. The lowest BCUT2D eigenvalue weighted by Gasteiger charge is -2.26. The summed E-state index contributed by atoms with van der Waals surface area (Å²) in [4.78, 5) is 16.3. The number of nitrogens with zero attached hydrogens (tertiary/aromatic N) is 1. The molecule has 1 aliphatic rings. The van der Waals surface area contributed by atoms with Gasteiger partial charge in [-0.2, -0.15) is 0 Å². The van der Waals surface area contributed by atoms with Crippen LogP contribution in [0.4, 0.5) is 5.69 Å². The summed E-state index contributed by atoms with van der Waals surface area (Å²) in [6.45, 7) is 1.91. The first-order valence-corrected chi connectivity index (χ1v) is 8.24. The normalized spacial score (nSPS) is 15.4. The number of thioether (sulfide) groups is 1. The third-order valence-electron chi connectivity index (χ3n) is 3.17. The minimum Gasteiger partial charge on any atom is -0.326 e. The van der Waals surface area contributed by atoms with Gasteiger partial charge >= 0.3 is 0 Å². The van der Waals surface area contributed by atoms with Crippen molar-refractivity contribution >= 4 is 44.9 Å². The smallest absolute Gasteiger partial charge is 0.224 e. The molecule has 0 bridgehead atoms. The van der Waals surface area contributed by atoms with Crippen LogP contribution in [0, 0.1) is 5.92 Å². The minimum atomic E-state index is 0.0976. The monoisotopic (exact) mass is 293 g/mol. The maximum absolute atomic E-state index is 11.9. The fraction of sp³-hybridized carbons (Fsp3) is 0.385.